The quantitative estimate of drug-likeness (QED) is 0.858. The highest BCUT2D eigenvalue weighted by Crippen LogP contribution is 2.43. The van der Waals surface area contributed by atoms with E-state index in [1.54, 1.807) is 20.4 Å². The van der Waals surface area contributed by atoms with Gasteiger partial charge in [0, 0.05) is 12.7 Å². The zero-order valence-electron chi connectivity index (χ0n) is 15.3. The van der Waals surface area contributed by atoms with Gasteiger partial charge in [-0.15, -0.1) is 0 Å². The molecular weight excluding hydrogens is 332 g/mol. The minimum absolute atomic E-state index is 0.356. The lowest BCUT2D eigenvalue weighted by atomic mass is 9.95. The number of pyridine rings is 1. The van der Waals surface area contributed by atoms with Crippen LogP contribution in [0.3, 0.4) is 0 Å². The predicted molar refractivity (Wildman–Crippen MR) is 97.7 cm³/mol. The number of likely N-dealkylation sites (tertiary alicyclic amines) is 1. The van der Waals surface area contributed by atoms with Crippen LogP contribution in [0.2, 0.25) is 0 Å². The highest BCUT2D eigenvalue weighted by atomic mass is 16.5. The van der Waals surface area contributed by atoms with Crippen LogP contribution in [0.15, 0.2) is 36.5 Å². The Morgan fingerprint density at radius 1 is 1.23 bits per heavy atom. The summed E-state index contributed by atoms with van der Waals surface area (Å²) < 4.78 is 11.2. The average molecular weight is 356 g/mol. The molecule has 2 heterocycles. The third-order valence-electron chi connectivity index (χ3n) is 4.96. The van der Waals surface area contributed by atoms with Crippen LogP contribution in [0.1, 0.15) is 35.7 Å². The van der Waals surface area contributed by atoms with E-state index in [0.29, 0.717) is 24.5 Å². The summed E-state index contributed by atoms with van der Waals surface area (Å²) in [7, 11) is 3.22. The third-order valence-corrected chi connectivity index (χ3v) is 4.96. The number of aliphatic carboxylic acids is 1. The summed E-state index contributed by atoms with van der Waals surface area (Å²) >= 11 is 0. The third kappa shape index (κ3) is 3.24. The number of hydrogen-bond donors (Lipinski definition) is 1. The Hall–Kier alpha value is -2.60. The summed E-state index contributed by atoms with van der Waals surface area (Å²) in [5.41, 5.74) is 2.64. The zero-order valence-corrected chi connectivity index (χ0v) is 15.3. The van der Waals surface area contributed by atoms with Crippen molar-refractivity contribution in [2.45, 2.75) is 31.8 Å². The summed E-state index contributed by atoms with van der Waals surface area (Å²) in [5.74, 6) is 0.515. The topological polar surface area (TPSA) is 71.9 Å². The first-order chi connectivity index (χ1) is 12.6. The number of ether oxygens (including phenoxy) is 2. The first kappa shape index (κ1) is 18.2. The Labute approximate surface area is 153 Å². The number of carboxylic acids is 1. The van der Waals surface area contributed by atoms with Crippen LogP contribution >= 0.6 is 0 Å². The van der Waals surface area contributed by atoms with Crippen LogP contribution in [0, 0.1) is 6.92 Å². The standard InChI is InChI=1S/C20H24N2O4/c1-13-7-5-11-21-18(13)19(22-12-6-8-14(22)20(23)24)17-15(25-2)9-4-10-16(17)26-3/h4-5,7,9-11,14,19H,6,8,12H2,1-3H3,(H,23,24). The summed E-state index contributed by atoms with van der Waals surface area (Å²) in [5, 5.41) is 9.72. The first-order valence-corrected chi connectivity index (χ1v) is 8.69. The molecule has 0 spiro atoms. The molecule has 26 heavy (non-hydrogen) atoms. The molecule has 1 saturated heterocycles. The smallest absolute Gasteiger partial charge is 0.320 e. The minimum atomic E-state index is -0.810. The van der Waals surface area contributed by atoms with Crippen molar-refractivity contribution in [3.05, 3.63) is 53.3 Å². The number of aryl methyl sites for hydroxylation is 1. The van der Waals surface area contributed by atoms with Crippen LogP contribution < -0.4 is 9.47 Å². The number of hydrogen-bond acceptors (Lipinski definition) is 5. The molecule has 0 bridgehead atoms. The van der Waals surface area contributed by atoms with Crippen molar-refractivity contribution < 1.29 is 19.4 Å². The number of rotatable bonds is 6. The van der Waals surface area contributed by atoms with Crippen molar-refractivity contribution in [3.63, 3.8) is 0 Å². The number of methoxy groups -OCH3 is 2. The lowest BCUT2D eigenvalue weighted by Gasteiger charge is -2.33. The van der Waals surface area contributed by atoms with Crippen LogP contribution in [0.4, 0.5) is 0 Å². The van der Waals surface area contributed by atoms with Crippen LogP contribution in [0.5, 0.6) is 11.5 Å². The maximum Gasteiger partial charge on any atom is 0.320 e. The molecule has 1 aliphatic heterocycles. The molecule has 3 rings (SSSR count). The SMILES string of the molecule is COc1cccc(OC)c1C(c1ncccc1C)N1CCCC1C(=O)O. The Morgan fingerprint density at radius 3 is 2.50 bits per heavy atom. The molecule has 6 heteroatoms. The Kier molecular flexibility index (Phi) is 5.42. The summed E-state index contributed by atoms with van der Waals surface area (Å²) in [6.07, 6.45) is 3.19. The van der Waals surface area contributed by atoms with Gasteiger partial charge in [-0.25, -0.2) is 0 Å². The monoisotopic (exact) mass is 356 g/mol. The largest absolute Gasteiger partial charge is 0.496 e. The molecular formula is C20H24N2O4. The van der Waals surface area contributed by atoms with Gasteiger partial charge in [0.2, 0.25) is 0 Å². The molecule has 6 nitrogen and oxygen atoms in total. The van der Waals surface area contributed by atoms with E-state index in [-0.39, 0.29) is 6.04 Å². The van der Waals surface area contributed by atoms with Crippen LogP contribution in [-0.2, 0) is 4.79 Å². The first-order valence-electron chi connectivity index (χ1n) is 8.69. The Bertz CT molecular complexity index is 771. The van der Waals surface area contributed by atoms with E-state index in [2.05, 4.69) is 4.98 Å². The maximum absolute atomic E-state index is 11.8. The van der Waals surface area contributed by atoms with Crippen molar-refractivity contribution in [2.75, 3.05) is 20.8 Å². The molecule has 1 N–H and O–H groups in total. The highest BCUT2D eigenvalue weighted by Gasteiger charge is 2.40. The second-order valence-electron chi connectivity index (χ2n) is 6.42. The molecule has 0 radical (unpaired) electrons. The maximum atomic E-state index is 11.8. The highest BCUT2D eigenvalue weighted by molar-refractivity contribution is 5.74. The van der Waals surface area contributed by atoms with Gasteiger partial charge in [0.05, 0.1) is 31.5 Å². The van der Waals surface area contributed by atoms with Gasteiger partial charge in [-0.3, -0.25) is 14.7 Å². The van der Waals surface area contributed by atoms with Crippen molar-refractivity contribution in [1.29, 1.82) is 0 Å². The van der Waals surface area contributed by atoms with Gasteiger partial charge < -0.3 is 14.6 Å². The molecule has 1 aromatic carbocycles. The molecule has 0 saturated carbocycles. The molecule has 2 atom stereocenters. The van der Waals surface area contributed by atoms with Gasteiger partial charge in [0.25, 0.3) is 0 Å². The van der Waals surface area contributed by atoms with Gasteiger partial charge >= 0.3 is 5.97 Å². The molecule has 1 aliphatic rings. The Balaban J connectivity index is 2.23. The molecule has 2 aromatic rings. The van der Waals surface area contributed by atoms with Crippen LogP contribution in [-0.4, -0.2) is 47.8 Å². The minimum Gasteiger partial charge on any atom is -0.496 e. The van der Waals surface area contributed by atoms with Gasteiger partial charge in [0.1, 0.15) is 17.5 Å². The lowest BCUT2D eigenvalue weighted by Crippen LogP contribution is -2.40. The zero-order chi connectivity index (χ0) is 18.7. The molecule has 2 unspecified atom stereocenters. The lowest BCUT2D eigenvalue weighted by molar-refractivity contribution is -0.142. The second kappa shape index (κ2) is 7.74. The van der Waals surface area contributed by atoms with Gasteiger partial charge in [-0.2, -0.15) is 0 Å². The number of benzene rings is 1. The van der Waals surface area contributed by atoms with E-state index in [1.165, 1.54) is 0 Å². The fraction of sp³-hybridized carbons (Fsp3) is 0.400. The molecule has 1 fully saturated rings. The summed E-state index contributed by atoms with van der Waals surface area (Å²) in [6, 6.07) is 8.56. The average Bonchev–Trinajstić information content (AvgIpc) is 3.13. The van der Waals surface area contributed by atoms with E-state index in [0.717, 1.165) is 23.2 Å². The normalized spacial score (nSPS) is 18.5. The molecule has 0 aliphatic carbocycles. The van der Waals surface area contributed by atoms with E-state index in [9.17, 15) is 9.90 Å². The number of carboxylic acid groups (broad SMARTS) is 1. The predicted octanol–water partition coefficient (Wildman–Crippen LogP) is 3.05. The van der Waals surface area contributed by atoms with Crippen molar-refractivity contribution in [1.82, 2.24) is 9.88 Å². The van der Waals surface area contributed by atoms with E-state index in [1.807, 2.05) is 42.2 Å². The fourth-order valence-electron chi connectivity index (χ4n) is 3.76. The fourth-order valence-corrected chi connectivity index (χ4v) is 3.76. The summed E-state index contributed by atoms with van der Waals surface area (Å²) in [4.78, 5) is 18.4. The van der Waals surface area contributed by atoms with E-state index in [4.69, 9.17) is 9.47 Å². The van der Waals surface area contributed by atoms with Crippen LogP contribution in [0.25, 0.3) is 0 Å². The van der Waals surface area contributed by atoms with Gasteiger partial charge in [0.15, 0.2) is 0 Å². The molecule has 0 amide bonds. The van der Waals surface area contributed by atoms with E-state index < -0.39 is 12.0 Å². The summed E-state index contributed by atoms with van der Waals surface area (Å²) in [6.45, 7) is 2.67. The number of carbonyl (C=O) groups is 1. The second-order valence-corrected chi connectivity index (χ2v) is 6.42. The molecule has 138 valence electrons. The Morgan fingerprint density at radius 2 is 1.92 bits per heavy atom. The van der Waals surface area contributed by atoms with E-state index >= 15 is 0 Å². The van der Waals surface area contributed by atoms with Gasteiger partial charge in [-0.1, -0.05) is 12.1 Å². The van der Waals surface area contributed by atoms with Crippen molar-refractivity contribution in [2.24, 2.45) is 0 Å². The van der Waals surface area contributed by atoms with Crippen molar-refractivity contribution >= 4 is 5.97 Å². The molecule has 1 aromatic heterocycles. The number of nitrogens with zero attached hydrogens (tertiary/aromatic N) is 2. The number of aromatic nitrogens is 1. The van der Waals surface area contributed by atoms with Gasteiger partial charge in [-0.05, 0) is 43.5 Å². The van der Waals surface area contributed by atoms with Crippen molar-refractivity contribution in [3.8, 4) is 11.5 Å².